The normalized spacial score (nSPS) is 9.95. The van der Waals surface area contributed by atoms with Gasteiger partial charge in [-0.15, -0.1) is 0 Å². The lowest BCUT2D eigenvalue weighted by atomic mass is 10.2. The minimum absolute atomic E-state index is 0.0774. The molecule has 0 saturated heterocycles. The van der Waals surface area contributed by atoms with E-state index in [1.807, 2.05) is 25.1 Å². The van der Waals surface area contributed by atoms with E-state index in [0.29, 0.717) is 5.75 Å². The summed E-state index contributed by atoms with van der Waals surface area (Å²) >= 11 is 0. The van der Waals surface area contributed by atoms with E-state index in [0.717, 1.165) is 5.56 Å². The summed E-state index contributed by atoms with van der Waals surface area (Å²) in [4.78, 5) is 15.5. The van der Waals surface area contributed by atoms with Gasteiger partial charge in [0.05, 0.1) is 0 Å². The molecule has 0 atom stereocenters. The molecule has 0 aliphatic heterocycles. The van der Waals surface area contributed by atoms with E-state index >= 15 is 0 Å². The number of hydrogen-bond donors (Lipinski definition) is 2. The lowest BCUT2D eigenvalue weighted by molar-refractivity contribution is -0.118. The lowest BCUT2D eigenvalue weighted by Gasteiger charge is -2.08. The van der Waals surface area contributed by atoms with Gasteiger partial charge in [0.1, 0.15) is 5.75 Å². The molecule has 1 heterocycles. The summed E-state index contributed by atoms with van der Waals surface area (Å²) in [6.45, 7) is 1.80. The molecular formula is C14H14N2O3. The second-order valence-electron chi connectivity index (χ2n) is 4.02. The molecule has 1 aromatic carbocycles. The van der Waals surface area contributed by atoms with Gasteiger partial charge in [-0.1, -0.05) is 12.1 Å². The summed E-state index contributed by atoms with van der Waals surface area (Å²) in [5.41, 5.74) is 1.06. The summed E-state index contributed by atoms with van der Waals surface area (Å²) in [6.07, 6.45) is 1.48. The van der Waals surface area contributed by atoms with E-state index < -0.39 is 0 Å². The summed E-state index contributed by atoms with van der Waals surface area (Å²) in [5.74, 6) is 0.294. The third-order valence-electron chi connectivity index (χ3n) is 2.40. The number of ether oxygens (including phenoxy) is 1. The number of carbonyl (C=O) groups is 1. The number of benzene rings is 1. The molecule has 5 heteroatoms. The van der Waals surface area contributed by atoms with Crippen molar-refractivity contribution in [3.63, 3.8) is 0 Å². The first-order chi connectivity index (χ1) is 9.15. The van der Waals surface area contributed by atoms with Crippen molar-refractivity contribution in [1.82, 2.24) is 4.98 Å². The molecule has 19 heavy (non-hydrogen) atoms. The number of nitrogens with one attached hydrogen (secondary N) is 1. The molecule has 2 rings (SSSR count). The quantitative estimate of drug-likeness (QED) is 0.881. The largest absolute Gasteiger partial charge is 0.504 e. The van der Waals surface area contributed by atoms with Crippen molar-refractivity contribution in [1.29, 1.82) is 0 Å². The van der Waals surface area contributed by atoms with Gasteiger partial charge in [-0.25, -0.2) is 4.98 Å². The van der Waals surface area contributed by atoms with E-state index in [9.17, 15) is 9.90 Å². The predicted octanol–water partition coefficient (Wildman–Crippen LogP) is 2.11. The van der Waals surface area contributed by atoms with E-state index in [1.54, 1.807) is 12.1 Å². The van der Waals surface area contributed by atoms with Crippen LogP contribution in [0.15, 0.2) is 42.6 Å². The fraction of sp³-hybridized carbons (Fsp3) is 0.143. The van der Waals surface area contributed by atoms with Crippen molar-refractivity contribution in [3.8, 4) is 11.5 Å². The zero-order chi connectivity index (χ0) is 13.7. The van der Waals surface area contributed by atoms with Gasteiger partial charge in [-0.3, -0.25) is 4.79 Å². The van der Waals surface area contributed by atoms with E-state index in [2.05, 4.69) is 10.3 Å². The molecule has 1 aromatic heterocycles. The summed E-state index contributed by atoms with van der Waals surface area (Å²) in [7, 11) is 0. The van der Waals surface area contributed by atoms with Gasteiger partial charge in [-0.2, -0.15) is 0 Å². The molecule has 0 radical (unpaired) electrons. The maximum atomic E-state index is 11.6. The van der Waals surface area contributed by atoms with Crippen LogP contribution >= 0.6 is 0 Å². The molecule has 0 unspecified atom stereocenters. The average molecular weight is 258 g/mol. The Morgan fingerprint density at radius 2 is 2.21 bits per heavy atom. The Kier molecular flexibility index (Phi) is 3.97. The number of carbonyl (C=O) groups excluding carboxylic acids is 1. The molecule has 5 nitrogen and oxygen atoms in total. The molecule has 2 N–H and O–H groups in total. The Morgan fingerprint density at radius 3 is 2.95 bits per heavy atom. The zero-order valence-corrected chi connectivity index (χ0v) is 10.5. The van der Waals surface area contributed by atoms with Gasteiger partial charge in [0.2, 0.25) is 0 Å². The standard InChI is InChI=1S/C14H14N2O3/c1-10-4-2-5-11(8-10)19-9-13(18)16-14-12(17)6-3-7-15-14/h2-8,17H,9H2,1H3,(H,15,16,18). The number of aromatic hydroxyl groups is 1. The Balaban J connectivity index is 1.90. The molecule has 1 amide bonds. The molecule has 0 aliphatic rings. The maximum Gasteiger partial charge on any atom is 0.263 e. The lowest BCUT2D eigenvalue weighted by Crippen LogP contribution is -2.20. The van der Waals surface area contributed by atoms with Gasteiger partial charge in [-0.05, 0) is 36.8 Å². The predicted molar refractivity (Wildman–Crippen MR) is 71.2 cm³/mol. The van der Waals surface area contributed by atoms with Crippen molar-refractivity contribution in [2.45, 2.75) is 6.92 Å². The van der Waals surface area contributed by atoms with Gasteiger partial charge in [0.25, 0.3) is 5.91 Å². The Hall–Kier alpha value is -2.56. The van der Waals surface area contributed by atoms with Crippen LogP contribution in [0.25, 0.3) is 0 Å². The number of aromatic nitrogens is 1. The number of pyridine rings is 1. The number of aryl methyl sites for hydroxylation is 1. The highest BCUT2D eigenvalue weighted by Gasteiger charge is 2.07. The molecule has 0 spiro atoms. The van der Waals surface area contributed by atoms with Gasteiger partial charge in [0, 0.05) is 6.20 Å². The zero-order valence-electron chi connectivity index (χ0n) is 10.5. The Labute approximate surface area is 110 Å². The second-order valence-corrected chi connectivity index (χ2v) is 4.02. The first-order valence-electron chi connectivity index (χ1n) is 5.78. The average Bonchev–Trinajstić information content (AvgIpc) is 2.39. The number of rotatable bonds is 4. The summed E-state index contributed by atoms with van der Waals surface area (Å²) < 4.78 is 5.34. The minimum Gasteiger partial charge on any atom is -0.504 e. The van der Waals surface area contributed by atoms with Crippen LogP contribution in [0.3, 0.4) is 0 Å². The molecule has 98 valence electrons. The molecule has 0 fully saturated rings. The van der Waals surface area contributed by atoms with Crippen LogP contribution < -0.4 is 10.1 Å². The molecule has 2 aromatic rings. The third kappa shape index (κ3) is 3.70. The number of anilines is 1. The Morgan fingerprint density at radius 1 is 1.37 bits per heavy atom. The van der Waals surface area contributed by atoms with Crippen LogP contribution in [0.1, 0.15) is 5.56 Å². The van der Waals surface area contributed by atoms with Gasteiger partial charge < -0.3 is 15.2 Å². The molecule has 0 saturated carbocycles. The van der Waals surface area contributed by atoms with E-state index in [1.165, 1.54) is 12.3 Å². The smallest absolute Gasteiger partial charge is 0.263 e. The third-order valence-corrected chi connectivity index (χ3v) is 2.40. The van der Waals surface area contributed by atoms with Crippen LogP contribution in [0.5, 0.6) is 11.5 Å². The summed E-state index contributed by atoms with van der Waals surface area (Å²) in [5, 5.41) is 11.9. The molecular weight excluding hydrogens is 244 g/mol. The SMILES string of the molecule is Cc1cccc(OCC(=O)Nc2ncccc2O)c1. The highest BCUT2D eigenvalue weighted by Crippen LogP contribution is 2.18. The number of hydrogen-bond acceptors (Lipinski definition) is 4. The fourth-order valence-corrected chi connectivity index (χ4v) is 1.52. The minimum atomic E-state index is -0.379. The van der Waals surface area contributed by atoms with Crippen LogP contribution in [0, 0.1) is 6.92 Å². The van der Waals surface area contributed by atoms with E-state index in [4.69, 9.17) is 4.74 Å². The van der Waals surface area contributed by atoms with Crippen molar-refractivity contribution in [2.75, 3.05) is 11.9 Å². The van der Waals surface area contributed by atoms with Crippen LogP contribution in [0.4, 0.5) is 5.82 Å². The fourth-order valence-electron chi connectivity index (χ4n) is 1.52. The number of nitrogens with zero attached hydrogens (tertiary/aromatic N) is 1. The van der Waals surface area contributed by atoms with Gasteiger partial charge in [0.15, 0.2) is 18.2 Å². The van der Waals surface area contributed by atoms with Crippen molar-refractivity contribution in [2.24, 2.45) is 0 Å². The van der Waals surface area contributed by atoms with E-state index in [-0.39, 0.29) is 24.1 Å². The first-order valence-corrected chi connectivity index (χ1v) is 5.78. The van der Waals surface area contributed by atoms with Crippen LogP contribution in [0.2, 0.25) is 0 Å². The van der Waals surface area contributed by atoms with Crippen LogP contribution in [-0.2, 0) is 4.79 Å². The van der Waals surface area contributed by atoms with Crippen LogP contribution in [-0.4, -0.2) is 22.6 Å². The van der Waals surface area contributed by atoms with Crippen molar-refractivity contribution < 1.29 is 14.6 Å². The molecule has 0 bridgehead atoms. The number of amides is 1. The second kappa shape index (κ2) is 5.86. The summed E-state index contributed by atoms with van der Waals surface area (Å²) in [6, 6.07) is 10.4. The molecule has 0 aliphatic carbocycles. The first kappa shape index (κ1) is 12.9. The highest BCUT2D eigenvalue weighted by atomic mass is 16.5. The van der Waals surface area contributed by atoms with Gasteiger partial charge >= 0.3 is 0 Å². The van der Waals surface area contributed by atoms with Crippen molar-refractivity contribution >= 4 is 11.7 Å². The monoisotopic (exact) mass is 258 g/mol. The topological polar surface area (TPSA) is 71.5 Å². The van der Waals surface area contributed by atoms with Crippen molar-refractivity contribution in [3.05, 3.63) is 48.2 Å². The maximum absolute atomic E-state index is 11.6. The highest BCUT2D eigenvalue weighted by molar-refractivity contribution is 5.92. The Bertz CT molecular complexity index is 584.